The van der Waals surface area contributed by atoms with E-state index >= 15 is 0 Å². The van der Waals surface area contributed by atoms with E-state index < -0.39 is 20.9 Å². The monoisotopic (exact) mass is 539 g/mol. The average molecular weight is 540 g/mol. The minimum Gasteiger partial charge on any atom is -0.474 e. The van der Waals surface area contributed by atoms with Crippen LogP contribution in [0, 0.1) is 12.7 Å². The Hall–Kier alpha value is -3.08. The highest BCUT2D eigenvalue weighted by Gasteiger charge is 2.40. The fourth-order valence-corrected chi connectivity index (χ4v) is 6.97. The Kier molecular flexibility index (Phi) is 6.79. The maximum absolute atomic E-state index is 14.8. The first-order valence-corrected chi connectivity index (χ1v) is 14.5. The van der Waals surface area contributed by atoms with E-state index in [1.54, 1.807) is 6.92 Å². The second-order valence-electron chi connectivity index (χ2n) is 10.3. The van der Waals surface area contributed by atoms with Crippen LogP contribution in [0.5, 0.6) is 17.5 Å². The van der Waals surface area contributed by atoms with Crippen molar-refractivity contribution in [2.24, 2.45) is 0 Å². The molecule has 1 saturated carbocycles. The first kappa shape index (κ1) is 25.2. The van der Waals surface area contributed by atoms with Crippen LogP contribution in [-0.2, 0) is 21.1 Å². The van der Waals surface area contributed by atoms with Crippen molar-refractivity contribution < 1.29 is 27.0 Å². The molecule has 10 heteroatoms. The molecule has 2 saturated heterocycles. The van der Waals surface area contributed by atoms with Crippen molar-refractivity contribution in [2.45, 2.75) is 67.5 Å². The summed E-state index contributed by atoms with van der Waals surface area (Å²) in [6.45, 7) is 3.96. The van der Waals surface area contributed by atoms with Crippen LogP contribution in [0.4, 0.5) is 4.39 Å². The molecule has 0 radical (unpaired) electrons. The molecular formula is C28H30FN3O5S. The van der Waals surface area contributed by atoms with E-state index in [4.69, 9.17) is 14.2 Å². The van der Waals surface area contributed by atoms with E-state index in [1.807, 2.05) is 6.07 Å². The van der Waals surface area contributed by atoms with E-state index in [1.165, 1.54) is 24.0 Å². The van der Waals surface area contributed by atoms with Crippen molar-refractivity contribution >= 4 is 9.84 Å². The maximum atomic E-state index is 14.8. The molecule has 3 aliphatic rings. The Labute approximate surface area is 221 Å². The van der Waals surface area contributed by atoms with Crippen LogP contribution < -0.4 is 9.47 Å². The highest BCUT2D eigenvalue weighted by molar-refractivity contribution is 7.92. The van der Waals surface area contributed by atoms with Crippen LogP contribution >= 0.6 is 0 Å². The second-order valence-corrected chi connectivity index (χ2v) is 12.5. The van der Waals surface area contributed by atoms with E-state index in [0.29, 0.717) is 37.5 Å². The third-order valence-corrected chi connectivity index (χ3v) is 9.77. The van der Waals surface area contributed by atoms with Crippen molar-refractivity contribution in [3.63, 3.8) is 0 Å². The summed E-state index contributed by atoms with van der Waals surface area (Å²) in [5, 5.41) is -0.409. The minimum absolute atomic E-state index is 0.0265. The highest BCUT2D eigenvalue weighted by atomic mass is 32.2. The molecule has 0 amide bonds. The first-order valence-electron chi connectivity index (χ1n) is 13.0. The van der Waals surface area contributed by atoms with Crippen LogP contribution in [0.1, 0.15) is 36.8 Å². The molecule has 3 fully saturated rings. The maximum Gasteiger partial charge on any atom is 0.229 e. The average Bonchev–Trinajstić information content (AvgIpc) is 3.75. The topological polar surface area (TPSA) is 90.9 Å². The summed E-state index contributed by atoms with van der Waals surface area (Å²) < 4.78 is 57.6. The van der Waals surface area contributed by atoms with Gasteiger partial charge in [0.05, 0.1) is 28.9 Å². The van der Waals surface area contributed by atoms with Gasteiger partial charge in [-0.25, -0.2) is 22.8 Å². The van der Waals surface area contributed by atoms with Crippen molar-refractivity contribution in [3.05, 3.63) is 71.8 Å². The van der Waals surface area contributed by atoms with Crippen LogP contribution in [0.3, 0.4) is 0 Å². The summed E-state index contributed by atoms with van der Waals surface area (Å²) in [6, 6.07) is 14.6. The normalized spacial score (nSPS) is 23.7. The largest absolute Gasteiger partial charge is 0.474 e. The van der Waals surface area contributed by atoms with Crippen LogP contribution in [0.2, 0.25) is 0 Å². The molecule has 2 aromatic carbocycles. The van der Waals surface area contributed by atoms with E-state index in [0.717, 1.165) is 25.5 Å². The lowest BCUT2D eigenvalue weighted by Gasteiger charge is -2.48. The molecule has 2 bridgehead atoms. The predicted octanol–water partition coefficient (Wildman–Crippen LogP) is 4.46. The Bertz CT molecular complexity index is 1400. The summed E-state index contributed by atoms with van der Waals surface area (Å²) in [6.07, 6.45) is 4.11. The number of rotatable bonds is 8. The van der Waals surface area contributed by atoms with Gasteiger partial charge >= 0.3 is 0 Å². The number of hydrogen-bond acceptors (Lipinski definition) is 8. The van der Waals surface area contributed by atoms with Gasteiger partial charge in [0.25, 0.3) is 0 Å². The predicted molar refractivity (Wildman–Crippen MR) is 137 cm³/mol. The standard InChI is InChI=1S/C28H30FN3O5S/c1-18-27(36-22-11-20-15-35-16-21(12-22)32(20)14-19-5-3-2-4-6-19)30-17-31-28(18)37-26-10-9-24(13-25(26)29)38(33,34)23-7-8-23/h2-6,9-10,13,17,20-23H,7-8,11-12,14-16H2,1H3/t20-,21?,22+/m1/s1. The SMILES string of the molecule is Cc1c(Oc2ccc(S(=O)(=O)C3CC3)cc2F)ncnc1O[C@@H]1CC2COC[C@@H](C1)N2Cc1ccccc1. The van der Waals surface area contributed by atoms with Crippen molar-refractivity contribution in [3.8, 4) is 17.5 Å². The molecule has 3 aromatic rings. The van der Waals surface area contributed by atoms with Gasteiger partial charge in [0.2, 0.25) is 11.8 Å². The summed E-state index contributed by atoms with van der Waals surface area (Å²) >= 11 is 0. The molecule has 1 aromatic heterocycles. The molecule has 8 nitrogen and oxygen atoms in total. The number of sulfone groups is 1. The molecule has 38 heavy (non-hydrogen) atoms. The number of halogens is 1. The number of benzene rings is 2. The highest BCUT2D eigenvalue weighted by Crippen LogP contribution is 2.37. The second kappa shape index (κ2) is 10.2. The van der Waals surface area contributed by atoms with Crippen molar-refractivity contribution in [1.82, 2.24) is 14.9 Å². The fraction of sp³-hybridized carbons (Fsp3) is 0.429. The minimum atomic E-state index is -3.49. The molecule has 0 spiro atoms. The molecule has 2 aliphatic heterocycles. The first-order chi connectivity index (χ1) is 18.4. The van der Waals surface area contributed by atoms with Gasteiger partial charge in [-0.3, -0.25) is 4.90 Å². The zero-order valence-electron chi connectivity index (χ0n) is 21.1. The third kappa shape index (κ3) is 5.12. The summed E-state index contributed by atoms with van der Waals surface area (Å²) in [4.78, 5) is 11.0. The lowest BCUT2D eigenvalue weighted by molar-refractivity contribution is -0.104. The van der Waals surface area contributed by atoms with Crippen LogP contribution in [-0.4, -0.2) is 59.9 Å². The number of piperidine rings is 1. The molecular weight excluding hydrogens is 509 g/mol. The molecule has 3 atom stereocenters. The Morgan fingerprint density at radius 1 is 1.03 bits per heavy atom. The fourth-order valence-electron chi connectivity index (χ4n) is 5.30. The van der Waals surface area contributed by atoms with E-state index in [-0.39, 0.29) is 34.7 Å². The van der Waals surface area contributed by atoms with Crippen molar-refractivity contribution in [2.75, 3.05) is 13.2 Å². The molecule has 1 aliphatic carbocycles. The number of fused-ring (bicyclic) bond motifs is 2. The zero-order valence-corrected chi connectivity index (χ0v) is 21.9. The van der Waals surface area contributed by atoms with Gasteiger partial charge in [-0.05, 0) is 43.5 Å². The molecule has 1 unspecified atom stereocenters. The molecule has 200 valence electrons. The third-order valence-electron chi connectivity index (χ3n) is 7.51. The molecule has 6 rings (SSSR count). The summed E-state index contributed by atoms with van der Waals surface area (Å²) in [5.74, 6) is -0.306. The molecule has 3 heterocycles. The Balaban J connectivity index is 1.15. The number of aromatic nitrogens is 2. The van der Waals surface area contributed by atoms with Gasteiger partial charge in [-0.15, -0.1) is 0 Å². The van der Waals surface area contributed by atoms with E-state index in [9.17, 15) is 12.8 Å². The number of ether oxygens (including phenoxy) is 3. The van der Waals surface area contributed by atoms with Gasteiger partial charge < -0.3 is 14.2 Å². The molecule has 0 N–H and O–H groups in total. The van der Waals surface area contributed by atoms with Gasteiger partial charge in [-0.2, -0.15) is 0 Å². The lowest BCUT2D eigenvalue weighted by Crippen LogP contribution is -2.58. The summed E-state index contributed by atoms with van der Waals surface area (Å²) in [7, 11) is -3.49. The number of nitrogens with zero attached hydrogens (tertiary/aromatic N) is 3. The van der Waals surface area contributed by atoms with Gasteiger partial charge in [0, 0.05) is 31.5 Å². The van der Waals surface area contributed by atoms with Crippen molar-refractivity contribution in [1.29, 1.82) is 0 Å². The smallest absolute Gasteiger partial charge is 0.229 e. The number of hydrogen-bond donors (Lipinski definition) is 0. The van der Waals surface area contributed by atoms with Gasteiger partial charge in [0.1, 0.15) is 12.4 Å². The van der Waals surface area contributed by atoms with Gasteiger partial charge in [-0.1, -0.05) is 30.3 Å². The Morgan fingerprint density at radius 2 is 1.74 bits per heavy atom. The Morgan fingerprint density at radius 3 is 2.42 bits per heavy atom. The summed E-state index contributed by atoms with van der Waals surface area (Å²) in [5.41, 5.74) is 1.83. The lowest BCUT2D eigenvalue weighted by atomic mass is 9.91. The van der Waals surface area contributed by atoms with E-state index in [2.05, 4.69) is 39.1 Å². The van der Waals surface area contributed by atoms with Crippen LogP contribution in [0.15, 0.2) is 59.8 Å². The zero-order chi connectivity index (χ0) is 26.3. The van der Waals surface area contributed by atoms with Crippen LogP contribution in [0.25, 0.3) is 0 Å². The number of morpholine rings is 1. The quantitative estimate of drug-likeness (QED) is 0.414. The van der Waals surface area contributed by atoms with Gasteiger partial charge in [0.15, 0.2) is 21.4 Å².